The molecule has 17 nitrogen and oxygen atoms in total. The fraction of sp³-hybridized carbons (Fsp3) is 0.944. The van der Waals surface area contributed by atoms with Crippen LogP contribution in [0.25, 0.3) is 0 Å². The first-order chi connectivity index (χ1) is 43.1. The lowest BCUT2D eigenvalue weighted by atomic mass is 9.99. The Balaban J connectivity index is 5.27. The number of aliphatic hydroxyl groups is 1. The zero-order valence-electron chi connectivity index (χ0n) is 58.8. The van der Waals surface area contributed by atoms with Gasteiger partial charge in [-0.05, 0) is 49.4 Å². The van der Waals surface area contributed by atoms with Gasteiger partial charge >= 0.3 is 39.5 Å². The van der Waals surface area contributed by atoms with Gasteiger partial charge in [-0.3, -0.25) is 37.3 Å². The number of aliphatic hydroxyl groups excluding tert-OH is 1. The molecule has 0 fully saturated rings. The van der Waals surface area contributed by atoms with E-state index in [4.69, 9.17) is 37.0 Å². The van der Waals surface area contributed by atoms with Crippen molar-refractivity contribution in [2.24, 2.45) is 23.7 Å². The van der Waals surface area contributed by atoms with Crippen molar-refractivity contribution in [3.63, 3.8) is 0 Å². The second-order valence-electron chi connectivity index (χ2n) is 27.3. The van der Waals surface area contributed by atoms with Crippen LogP contribution in [0.15, 0.2) is 0 Å². The van der Waals surface area contributed by atoms with Gasteiger partial charge in [-0.2, -0.15) is 0 Å². The molecule has 0 spiro atoms. The Morgan fingerprint density at radius 3 is 0.789 bits per heavy atom. The largest absolute Gasteiger partial charge is 0.472 e. The van der Waals surface area contributed by atoms with E-state index >= 15 is 0 Å². The number of unbranched alkanes of at least 4 members (excludes halogenated alkanes) is 33. The first-order valence-electron chi connectivity index (χ1n) is 36.7. The number of esters is 4. The molecule has 0 amide bonds. The predicted molar refractivity (Wildman–Crippen MR) is 363 cm³/mol. The Bertz CT molecular complexity index is 1780. The van der Waals surface area contributed by atoms with E-state index in [0.29, 0.717) is 31.6 Å². The molecule has 534 valence electrons. The Morgan fingerprint density at radius 2 is 0.533 bits per heavy atom. The Hall–Kier alpha value is -1.94. The summed E-state index contributed by atoms with van der Waals surface area (Å²) in [5.41, 5.74) is 0. The van der Waals surface area contributed by atoms with Gasteiger partial charge in [-0.25, -0.2) is 9.13 Å². The highest BCUT2D eigenvalue weighted by atomic mass is 31.2. The van der Waals surface area contributed by atoms with E-state index in [2.05, 4.69) is 55.4 Å². The van der Waals surface area contributed by atoms with Gasteiger partial charge in [0, 0.05) is 25.7 Å². The van der Waals surface area contributed by atoms with Crippen LogP contribution in [0.2, 0.25) is 0 Å². The Kier molecular flexibility index (Phi) is 59.4. The van der Waals surface area contributed by atoms with Crippen LogP contribution in [-0.2, 0) is 65.4 Å². The topological polar surface area (TPSA) is 237 Å². The number of hydrogen-bond acceptors (Lipinski definition) is 15. The molecule has 0 aliphatic rings. The zero-order chi connectivity index (χ0) is 66.8. The summed E-state index contributed by atoms with van der Waals surface area (Å²) in [7, 11) is -9.90. The third-order valence-corrected chi connectivity index (χ3v) is 18.6. The summed E-state index contributed by atoms with van der Waals surface area (Å²) in [6.45, 7) is 14.1. The second-order valence-corrected chi connectivity index (χ2v) is 30.2. The summed E-state index contributed by atoms with van der Waals surface area (Å²) in [4.78, 5) is 72.6. The van der Waals surface area contributed by atoms with Crippen molar-refractivity contribution in [1.29, 1.82) is 0 Å². The summed E-state index contributed by atoms with van der Waals surface area (Å²) in [5, 5.41) is 10.6. The quantitative estimate of drug-likeness (QED) is 0.0222. The molecule has 0 saturated heterocycles. The fourth-order valence-electron chi connectivity index (χ4n) is 10.6. The van der Waals surface area contributed by atoms with E-state index in [0.717, 1.165) is 114 Å². The van der Waals surface area contributed by atoms with E-state index in [1.807, 2.05) is 0 Å². The minimum absolute atomic E-state index is 0.105. The van der Waals surface area contributed by atoms with Crippen LogP contribution >= 0.6 is 15.6 Å². The van der Waals surface area contributed by atoms with Crippen molar-refractivity contribution in [3.05, 3.63) is 0 Å². The minimum Gasteiger partial charge on any atom is -0.462 e. The normalized spacial score (nSPS) is 14.6. The standard InChI is InChI=1S/C71H138O17P2/c1-9-64(8)50-42-34-26-18-13-14-20-29-38-46-54-71(76)87-66(57-81-68(73)51-43-35-27-21-15-17-24-32-40-48-62(4)5)59-85-89(77,78)83-55-65(72)56-84-90(79,80)86-60-67(58-82-69(74)52-44-36-30-22-25-33-41-49-63(6)7)88-70(75)53-45-37-28-19-12-10-11-16-23-31-39-47-61(2)3/h61-67,72H,9-60H2,1-8H3,(H,77,78)(H,79,80)/t64?,65?,66-,67-/m1/s1. The monoisotopic (exact) mass is 1320 g/mol. The molecule has 0 aromatic rings. The van der Waals surface area contributed by atoms with Crippen molar-refractivity contribution < 1.29 is 80.2 Å². The maximum absolute atomic E-state index is 13.0. The van der Waals surface area contributed by atoms with Crippen molar-refractivity contribution in [3.8, 4) is 0 Å². The molecule has 0 saturated carbocycles. The molecule has 0 heterocycles. The van der Waals surface area contributed by atoms with E-state index in [9.17, 15) is 43.2 Å². The lowest BCUT2D eigenvalue weighted by molar-refractivity contribution is -0.161. The second kappa shape index (κ2) is 60.7. The average Bonchev–Trinajstić information content (AvgIpc) is 3.00. The molecule has 0 aliphatic carbocycles. The lowest BCUT2D eigenvalue weighted by Gasteiger charge is -2.21. The van der Waals surface area contributed by atoms with E-state index < -0.39 is 97.5 Å². The smallest absolute Gasteiger partial charge is 0.462 e. The summed E-state index contributed by atoms with van der Waals surface area (Å²) < 4.78 is 68.3. The molecule has 0 radical (unpaired) electrons. The molecular weight excluding hydrogens is 1190 g/mol. The van der Waals surface area contributed by atoms with Crippen LogP contribution in [-0.4, -0.2) is 96.7 Å². The maximum atomic E-state index is 13.0. The van der Waals surface area contributed by atoms with Gasteiger partial charge in [0.25, 0.3) is 0 Å². The number of phosphoric acid groups is 2. The van der Waals surface area contributed by atoms with Gasteiger partial charge < -0.3 is 33.8 Å². The minimum atomic E-state index is -4.95. The lowest BCUT2D eigenvalue weighted by Crippen LogP contribution is -2.30. The third kappa shape index (κ3) is 63.5. The van der Waals surface area contributed by atoms with Gasteiger partial charge in [0.2, 0.25) is 0 Å². The summed E-state index contributed by atoms with van der Waals surface area (Å²) in [6, 6.07) is 0. The summed E-state index contributed by atoms with van der Waals surface area (Å²) >= 11 is 0. The molecule has 6 atom stereocenters. The molecular formula is C71H138O17P2. The van der Waals surface area contributed by atoms with Crippen LogP contribution in [0.1, 0.15) is 351 Å². The molecule has 90 heavy (non-hydrogen) atoms. The molecule has 0 aliphatic heterocycles. The van der Waals surface area contributed by atoms with Gasteiger partial charge in [0.05, 0.1) is 26.4 Å². The third-order valence-electron chi connectivity index (χ3n) is 16.7. The first-order valence-corrected chi connectivity index (χ1v) is 39.7. The van der Waals surface area contributed by atoms with Crippen LogP contribution in [0.5, 0.6) is 0 Å². The van der Waals surface area contributed by atoms with Crippen LogP contribution in [0, 0.1) is 23.7 Å². The number of carbonyl (C=O) groups is 4. The Morgan fingerprint density at radius 1 is 0.311 bits per heavy atom. The summed E-state index contributed by atoms with van der Waals surface area (Å²) in [5.74, 6) is 0.889. The molecule has 0 bridgehead atoms. The molecule has 0 aromatic heterocycles. The van der Waals surface area contributed by atoms with Crippen molar-refractivity contribution in [2.45, 2.75) is 369 Å². The van der Waals surface area contributed by atoms with Gasteiger partial charge in [0.15, 0.2) is 12.2 Å². The van der Waals surface area contributed by atoms with Crippen molar-refractivity contribution in [1.82, 2.24) is 0 Å². The molecule has 0 aromatic carbocycles. The molecule has 4 unspecified atom stereocenters. The first kappa shape index (κ1) is 88.1. The van der Waals surface area contributed by atoms with Gasteiger partial charge in [-0.1, -0.05) is 299 Å². The summed E-state index contributed by atoms with van der Waals surface area (Å²) in [6.07, 6.45) is 43.0. The predicted octanol–water partition coefficient (Wildman–Crippen LogP) is 20.1. The highest BCUT2D eigenvalue weighted by Crippen LogP contribution is 2.45. The van der Waals surface area contributed by atoms with Gasteiger partial charge in [-0.15, -0.1) is 0 Å². The van der Waals surface area contributed by atoms with Crippen molar-refractivity contribution >= 4 is 39.5 Å². The van der Waals surface area contributed by atoms with E-state index in [-0.39, 0.29) is 25.7 Å². The van der Waals surface area contributed by atoms with Crippen molar-refractivity contribution in [2.75, 3.05) is 39.6 Å². The molecule has 19 heteroatoms. The average molecular weight is 1330 g/mol. The maximum Gasteiger partial charge on any atom is 0.472 e. The van der Waals surface area contributed by atoms with Crippen LogP contribution < -0.4 is 0 Å². The number of ether oxygens (including phenoxy) is 4. The highest BCUT2D eigenvalue weighted by Gasteiger charge is 2.30. The zero-order valence-corrected chi connectivity index (χ0v) is 60.6. The number of carbonyl (C=O) groups excluding carboxylic acids is 4. The highest BCUT2D eigenvalue weighted by molar-refractivity contribution is 7.47. The van der Waals surface area contributed by atoms with E-state index in [1.54, 1.807) is 0 Å². The molecule has 3 N–H and O–H groups in total. The number of phosphoric ester groups is 2. The van der Waals surface area contributed by atoms with Crippen LogP contribution in [0.4, 0.5) is 0 Å². The Labute approximate surface area is 549 Å². The molecule has 0 rings (SSSR count). The SMILES string of the molecule is CCC(C)CCCCCCCCCCCCC(=O)O[C@H](COC(=O)CCCCCCCCCCCC(C)C)COP(=O)(O)OCC(O)COP(=O)(O)OC[C@@H](COC(=O)CCCCCCCCCC(C)C)OC(=O)CCCCCCCCCCCCCC(C)C. The number of hydrogen-bond donors (Lipinski definition) is 3. The fourth-order valence-corrected chi connectivity index (χ4v) is 12.2. The van der Waals surface area contributed by atoms with Crippen LogP contribution in [0.3, 0.4) is 0 Å². The van der Waals surface area contributed by atoms with Gasteiger partial charge in [0.1, 0.15) is 19.3 Å². The van der Waals surface area contributed by atoms with E-state index in [1.165, 1.54) is 148 Å². The number of rotatable bonds is 68.